The molecule has 2 atom stereocenters. The zero-order valence-corrected chi connectivity index (χ0v) is 15.7. The first kappa shape index (κ1) is 17.2. The minimum atomic E-state index is -3.00. The predicted octanol–water partition coefficient (Wildman–Crippen LogP) is -0.578. The molecule has 4 rings (SSSR count). The molecule has 26 heavy (non-hydrogen) atoms. The molecule has 0 radical (unpaired) electrons. The van der Waals surface area contributed by atoms with Crippen LogP contribution < -0.4 is 15.1 Å². The Kier molecular flexibility index (Phi) is 4.31. The van der Waals surface area contributed by atoms with Gasteiger partial charge in [-0.25, -0.2) is 18.4 Å². The van der Waals surface area contributed by atoms with Crippen LogP contribution in [0.5, 0.6) is 0 Å². The van der Waals surface area contributed by atoms with Crippen molar-refractivity contribution in [1.82, 2.24) is 24.8 Å². The summed E-state index contributed by atoms with van der Waals surface area (Å²) in [4.78, 5) is 17.4. The van der Waals surface area contributed by atoms with E-state index in [1.165, 1.54) is 0 Å². The summed E-state index contributed by atoms with van der Waals surface area (Å²) in [5.74, 6) is 2.67. The van der Waals surface area contributed by atoms with Crippen molar-refractivity contribution >= 4 is 21.6 Å². The molecule has 1 N–H and O–H groups in total. The van der Waals surface area contributed by atoms with Crippen LogP contribution in [-0.4, -0.2) is 71.7 Å². The molecule has 2 fully saturated rings. The third kappa shape index (κ3) is 3.26. The van der Waals surface area contributed by atoms with E-state index < -0.39 is 9.84 Å². The monoisotopic (exact) mass is 377 g/mol. The third-order valence-corrected chi connectivity index (χ3v) is 6.76. The summed E-state index contributed by atoms with van der Waals surface area (Å²) in [7, 11) is 0.874. The molecule has 2 saturated heterocycles. The van der Waals surface area contributed by atoms with E-state index in [9.17, 15) is 8.42 Å². The van der Waals surface area contributed by atoms with Gasteiger partial charge in [-0.2, -0.15) is 4.98 Å². The SMILES string of the molecule is CN(Cc1nccn1C)c1nccc(N2CCN[C@H]3CS(=O)(=O)C[C@H]32)n1. The fraction of sp³-hybridized carbons (Fsp3) is 0.562. The molecule has 2 aromatic rings. The number of hydrogen-bond acceptors (Lipinski definition) is 8. The van der Waals surface area contributed by atoms with Gasteiger partial charge < -0.3 is 19.7 Å². The van der Waals surface area contributed by atoms with Crippen molar-refractivity contribution in [2.24, 2.45) is 7.05 Å². The first-order valence-electron chi connectivity index (χ1n) is 8.64. The molecule has 2 aliphatic rings. The molecule has 0 spiro atoms. The third-order valence-electron chi connectivity index (χ3n) is 5.05. The maximum atomic E-state index is 12.0. The second-order valence-corrected chi connectivity index (χ2v) is 9.08. The molecule has 0 bridgehead atoms. The van der Waals surface area contributed by atoms with Crippen molar-refractivity contribution in [1.29, 1.82) is 0 Å². The lowest BCUT2D eigenvalue weighted by molar-refractivity contribution is 0.422. The fourth-order valence-corrected chi connectivity index (χ4v) is 5.62. The number of imidazole rings is 1. The van der Waals surface area contributed by atoms with Crippen molar-refractivity contribution in [3.8, 4) is 0 Å². The topological polar surface area (TPSA) is 96.3 Å². The van der Waals surface area contributed by atoms with Gasteiger partial charge in [0.15, 0.2) is 9.84 Å². The number of aromatic nitrogens is 4. The van der Waals surface area contributed by atoms with Crippen LogP contribution in [0.1, 0.15) is 5.82 Å². The van der Waals surface area contributed by atoms with E-state index in [0.29, 0.717) is 12.5 Å². The van der Waals surface area contributed by atoms with Crippen molar-refractivity contribution in [3.05, 3.63) is 30.5 Å². The van der Waals surface area contributed by atoms with E-state index in [0.717, 1.165) is 24.7 Å². The van der Waals surface area contributed by atoms with Crippen molar-refractivity contribution < 1.29 is 8.42 Å². The number of nitrogens with one attached hydrogen (secondary N) is 1. The summed E-state index contributed by atoms with van der Waals surface area (Å²) in [6.07, 6.45) is 5.40. The van der Waals surface area contributed by atoms with Crippen LogP contribution in [0.4, 0.5) is 11.8 Å². The molecule has 10 heteroatoms. The molecule has 0 aliphatic carbocycles. The van der Waals surface area contributed by atoms with Crippen LogP contribution in [0.3, 0.4) is 0 Å². The van der Waals surface area contributed by atoms with E-state index in [2.05, 4.69) is 20.2 Å². The second-order valence-electron chi connectivity index (χ2n) is 6.92. The largest absolute Gasteiger partial charge is 0.350 e. The quantitative estimate of drug-likeness (QED) is 0.756. The second kappa shape index (κ2) is 6.51. The highest BCUT2D eigenvalue weighted by Crippen LogP contribution is 2.26. The standard InChI is InChI=1S/C16H23N7O2S/c1-21-7-5-18-15(21)9-22(2)16-19-4-3-14(20-16)23-8-6-17-12-10-26(24,25)11-13(12)23/h3-5,7,12-13,17H,6,8-11H2,1-2H3/t12-,13+/m0/s1. The number of rotatable bonds is 4. The molecule has 9 nitrogen and oxygen atoms in total. The van der Waals surface area contributed by atoms with Gasteiger partial charge in [0, 0.05) is 51.8 Å². The van der Waals surface area contributed by atoms with Gasteiger partial charge in [0.2, 0.25) is 5.95 Å². The van der Waals surface area contributed by atoms with E-state index in [1.54, 1.807) is 12.4 Å². The molecule has 140 valence electrons. The van der Waals surface area contributed by atoms with Gasteiger partial charge in [-0.3, -0.25) is 0 Å². The van der Waals surface area contributed by atoms with Crippen LogP contribution in [0.25, 0.3) is 0 Å². The van der Waals surface area contributed by atoms with E-state index in [-0.39, 0.29) is 23.6 Å². The van der Waals surface area contributed by atoms with Crippen molar-refractivity contribution in [3.63, 3.8) is 0 Å². The Hall–Kier alpha value is -2.20. The minimum absolute atomic E-state index is 0.0301. The smallest absolute Gasteiger partial charge is 0.227 e. The van der Waals surface area contributed by atoms with Crippen LogP contribution in [-0.2, 0) is 23.4 Å². The Labute approximate surface area is 153 Å². The van der Waals surface area contributed by atoms with Crippen LogP contribution in [0, 0.1) is 0 Å². The number of aryl methyl sites for hydroxylation is 1. The Balaban J connectivity index is 1.56. The summed E-state index contributed by atoms with van der Waals surface area (Å²) < 4.78 is 26.0. The van der Waals surface area contributed by atoms with Gasteiger partial charge in [-0.15, -0.1) is 0 Å². The lowest BCUT2D eigenvalue weighted by Crippen LogP contribution is -2.57. The lowest BCUT2D eigenvalue weighted by atomic mass is 10.1. The average molecular weight is 377 g/mol. The molecule has 0 aromatic carbocycles. The Morgan fingerprint density at radius 3 is 2.92 bits per heavy atom. The minimum Gasteiger partial charge on any atom is -0.350 e. The number of sulfone groups is 1. The zero-order valence-electron chi connectivity index (χ0n) is 14.9. The first-order chi connectivity index (χ1) is 12.4. The molecule has 0 saturated carbocycles. The van der Waals surface area contributed by atoms with Crippen molar-refractivity contribution in [2.75, 3.05) is 41.4 Å². The molecule has 2 aromatic heterocycles. The molecule has 4 heterocycles. The number of anilines is 2. The van der Waals surface area contributed by atoms with Crippen LogP contribution in [0.15, 0.2) is 24.7 Å². The number of nitrogens with zero attached hydrogens (tertiary/aromatic N) is 6. The number of hydrogen-bond donors (Lipinski definition) is 1. The molecular formula is C16H23N7O2S. The van der Waals surface area contributed by atoms with Gasteiger partial charge in [0.25, 0.3) is 0 Å². The van der Waals surface area contributed by atoms with Gasteiger partial charge in [-0.05, 0) is 6.07 Å². The normalized spacial score (nSPS) is 24.5. The summed E-state index contributed by atoms with van der Waals surface area (Å²) in [6, 6.07) is 1.75. The zero-order chi connectivity index (χ0) is 18.3. The molecule has 0 amide bonds. The predicted molar refractivity (Wildman–Crippen MR) is 98.9 cm³/mol. The Morgan fingerprint density at radius 1 is 1.31 bits per heavy atom. The Morgan fingerprint density at radius 2 is 2.15 bits per heavy atom. The lowest BCUT2D eigenvalue weighted by Gasteiger charge is -2.38. The van der Waals surface area contributed by atoms with Gasteiger partial charge in [0.05, 0.1) is 24.1 Å². The highest BCUT2D eigenvalue weighted by atomic mass is 32.2. The van der Waals surface area contributed by atoms with E-state index >= 15 is 0 Å². The van der Waals surface area contributed by atoms with Gasteiger partial charge >= 0.3 is 0 Å². The number of fused-ring (bicyclic) bond motifs is 1. The summed E-state index contributed by atoms with van der Waals surface area (Å²) in [6.45, 7) is 2.07. The summed E-state index contributed by atoms with van der Waals surface area (Å²) in [5, 5.41) is 3.32. The van der Waals surface area contributed by atoms with Gasteiger partial charge in [0.1, 0.15) is 11.6 Å². The van der Waals surface area contributed by atoms with E-state index in [4.69, 9.17) is 4.98 Å². The number of piperazine rings is 1. The average Bonchev–Trinajstić information content (AvgIpc) is 3.15. The van der Waals surface area contributed by atoms with Crippen molar-refractivity contribution in [2.45, 2.75) is 18.6 Å². The summed E-state index contributed by atoms with van der Waals surface area (Å²) in [5.41, 5.74) is 0. The highest BCUT2D eigenvalue weighted by molar-refractivity contribution is 7.91. The van der Waals surface area contributed by atoms with Crippen LogP contribution in [0.2, 0.25) is 0 Å². The maximum Gasteiger partial charge on any atom is 0.227 e. The first-order valence-corrected chi connectivity index (χ1v) is 10.5. The molecule has 0 unspecified atom stereocenters. The highest BCUT2D eigenvalue weighted by Gasteiger charge is 2.43. The fourth-order valence-electron chi connectivity index (χ4n) is 3.67. The molecular weight excluding hydrogens is 354 g/mol. The van der Waals surface area contributed by atoms with Crippen LogP contribution >= 0.6 is 0 Å². The maximum absolute atomic E-state index is 12.0. The Bertz CT molecular complexity index is 898. The van der Waals surface area contributed by atoms with E-state index in [1.807, 2.05) is 35.8 Å². The van der Waals surface area contributed by atoms with Gasteiger partial charge in [-0.1, -0.05) is 0 Å². The molecule has 2 aliphatic heterocycles. The summed E-state index contributed by atoms with van der Waals surface area (Å²) >= 11 is 0.